The minimum atomic E-state index is -1.01. The summed E-state index contributed by atoms with van der Waals surface area (Å²) < 4.78 is 23.2. The van der Waals surface area contributed by atoms with Crippen LogP contribution in [0.3, 0.4) is 0 Å². The van der Waals surface area contributed by atoms with Gasteiger partial charge in [0.25, 0.3) is 5.91 Å². The van der Waals surface area contributed by atoms with Gasteiger partial charge >= 0.3 is 5.63 Å². The zero-order chi connectivity index (χ0) is 25.2. The van der Waals surface area contributed by atoms with Crippen LogP contribution < -0.4 is 25.2 Å². The highest BCUT2D eigenvalue weighted by molar-refractivity contribution is 5.97. The molecule has 4 aromatic rings. The number of methoxy groups -OCH3 is 1. The molecule has 36 heavy (non-hydrogen) atoms. The van der Waals surface area contributed by atoms with Crippen molar-refractivity contribution in [2.75, 3.05) is 19.0 Å². The van der Waals surface area contributed by atoms with Gasteiger partial charge in [0.1, 0.15) is 17.9 Å². The van der Waals surface area contributed by atoms with Crippen LogP contribution >= 0.6 is 0 Å². The molecule has 0 fully saturated rings. The molecule has 2 heterocycles. The van der Waals surface area contributed by atoms with E-state index in [4.69, 9.17) is 18.6 Å². The summed E-state index contributed by atoms with van der Waals surface area (Å²) in [4.78, 5) is 26.7. The Hall–Kier alpha value is -4.52. The molecule has 0 saturated carbocycles. The maximum absolute atomic E-state index is 13.5. The standard InChI is InChI=1S/C29H25NO6/c1-17(2)16-34-22-14-13-18(15-23(22)33-3)24-25-26(20-11-7-8-12-21(20)35-29(25)32)36-27(24)28(31)30-19-9-5-4-6-10-19/h4-15,24,27H,1,16H2,2-3H3,(H,30,31)/t24-,27+/m1/s1. The Morgan fingerprint density at radius 3 is 2.53 bits per heavy atom. The Balaban J connectivity index is 1.62. The van der Waals surface area contributed by atoms with Crippen LogP contribution in [0.1, 0.15) is 24.0 Å². The monoisotopic (exact) mass is 483 g/mol. The highest BCUT2D eigenvalue weighted by Crippen LogP contribution is 2.46. The number of carbonyl (C=O) groups excluding carboxylic acids is 1. The van der Waals surface area contributed by atoms with E-state index in [0.29, 0.717) is 51.6 Å². The van der Waals surface area contributed by atoms with Gasteiger partial charge in [0.05, 0.1) is 24.0 Å². The molecule has 0 bridgehead atoms. The van der Waals surface area contributed by atoms with Crippen molar-refractivity contribution in [3.05, 3.63) is 106 Å². The number of carbonyl (C=O) groups is 1. The summed E-state index contributed by atoms with van der Waals surface area (Å²) in [6.45, 7) is 6.06. The van der Waals surface area contributed by atoms with Crippen LogP contribution in [0, 0.1) is 0 Å². The molecule has 182 valence electrons. The van der Waals surface area contributed by atoms with Crippen LogP contribution in [-0.4, -0.2) is 25.7 Å². The highest BCUT2D eigenvalue weighted by Gasteiger charge is 2.44. The van der Waals surface area contributed by atoms with E-state index in [1.165, 1.54) is 7.11 Å². The molecule has 0 saturated heterocycles. The second-order valence-electron chi connectivity index (χ2n) is 8.66. The third-order valence-corrected chi connectivity index (χ3v) is 5.98. The van der Waals surface area contributed by atoms with Gasteiger partial charge in [0.2, 0.25) is 0 Å². The van der Waals surface area contributed by atoms with Gasteiger partial charge in [0.15, 0.2) is 17.6 Å². The molecule has 1 aliphatic heterocycles. The number of anilines is 1. The molecular formula is C29H25NO6. The summed E-state index contributed by atoms with van der Waals surface area (Å²) in [6.07, 6.45) is -1.01. The fraction of sp³-hybridized carbons (Fsp3) is 0.172. The van der Waals surface area contributed by atoms with Crippen molar-refractivity contribution in [1.29, 1.82) is 0 Å². The van der Waals surface area contributed by atoms with E-state index in [1.807, 2.05) is 31.2 Å². The maximum Gasteiger partial charge on any atom is 0.344 e. The number of nitrogens with one attached hydrogen (secondary N) is 1. The predicted octanol–water partition coefficient (Wildman–Crippen LogP) is 5.29. The Labute approximate surface area is 207 Å². The van der Waals surface area contributed by atoms with Gasteiger partial charge in [-0.25, -0.2) is 4.79 Å². The van der Waals surface area contributed by atoms with Crippen molar-refractivity contribution in [1.82, 2.24) is 0 Å². The zero-order valence-electron chi connectivity index (χ0n) is 19.9. The molecule has 0 radical (unpaired) electrons. The fourth-order valence-electron chi connectivity index (χ4n) is 4.36. The van der Waals surface area contributed by atoms with Gasteiger partial charge in [-0.15, -0.1) is 0 Å². The second kappa shape index (κ2) is 9.62. The van der Waals surface area contributed by atoms with E-state index in [0.717, 1.165) is 5.57 Å². The average Bonchev–Trinajstić information content (AvgIpc) is 3.30. The summed E-state index contributed by atoms with van der Waals surface area (Å²) in [6, 6.07) is 21.5. The van der Waals surface area contributed by atoms with Gasteiger partial charge in [-0.2, -0.15) is 0 Å². The topological polar surface area (TPSA) is 87.0 Å². The summed E-state index contributed by atoms with van der Waals surface area (Å²) in [7, 11) is 1.54. The number of rotatable bonds is 7. The number of benzene rings is 3. The number of hydrogen-bond acceptors (Lipinski definition) is 6. The highest BCUT2D eigenvalue weighted by atomic mass is 16.5. The number of hydrogen-bond donors (Lipinski definition) is 1. The largest absolute Gasteiger partial charge is 0.493 e. The van der Waals surface area contributed by atoms with E-state index in [9.17, 15) is 9.59 Å². The lowest BCUT2D eigenvalue weighted by molar-refractivity contribution is -0.122. The molecule has 1 aromatic heterocycles. The second-order valence-corrected chi connectivity index (χ2v) is 8.66. The maximum atomic E-state index is 13.5. The first kappa shape index (κ1) is 23.2. The number of ether oxygens (including phenoxy) is 3. The number of fused-ring (bicyclic) bond motifs is 3. The van der Waals surface area contributed by atoms with Crippen LogP contribution in [0.5, 0.6) is 17.2 Å². The SMILES string of the molecule is C=C(C)COc1ccc([C@@H]2c3c(c4ccccc4oc3=O)O[C@@H]2C(=O)Nc2ccccc2)cc1OC. The Morgan fingerprint density at radius 1 is 1.03 bits per heavy atom. The minimum absolute atomic E-state index is 0.291. The lowest BCUT2D eigenvalue weighted by atomic mass is 9.88. The summed E-state index contributed by atoms with van der Waals surface area (Å²) >= 11 is 0. The van der Waals surface area contributed by atoms with E-state index in [-0.39, 0.29) is 5.91 Å². The van der Waals surface area contributed by atoms with Crippen LogP contribution in [0.25, 0.3) is 11.0 Å². The third kappa shape index (κ3) is 4.31. The smallest absolute Gasteiger partial charge is 0.344 e. The molecule has 7 heteroatoms. The van der Waals surface area contributed by atoms with Crippen LogP contribution in [-0.2, 0) is 4.79 Å². The summed E-state index contributed by atoms with van der Waals surface area (Å²) in [5.74, 6) is 0.233. The molecular weight excluding hydrogens is 458 g/mol. The molecule has 1 amide bonds. The Bertz CT molecular complexity index is 1510. The summed E-state index contributed by atoms with van der Waals surface area (Å²) in [5, 5.41) is 3.52. The van der Waals surface area contributed by atoms with Crippen molar-refractivity contribution in [3.63, 3.8) is 0 Å². The lowest BCUT2D eigenvalue weighted by Crippen LogP contribution is -2.35. The zero-order valence-corrected chi connectivity index (χ0v) is 19.9. The molecule has 5 rings (SSSR count). The van der Waals surface area contributed by atoms with Crippen molar-refractivity contribution in [2.45, 2.75) is 18.9 Å². The average molecular weight is 484 g/mol. The first-order valence-corrected chi connectivity index (χ1v) is 11.5. The van der Waals surface area contributed by atoms with Crippen LogP contribution in [0.4, 0.5) is 5.69 Å². The Morgan fingerprint density at radius 2 is 1.78 bits per heavy atom. The van der Waals surface area contributed by atoms with Crippen molar-refractivity contribution >= 4 is 22.6 Å². The minimum Gasteiger partial charge on any atom is -0.493 e. The molecule has 1 aliphatic rings. The van der Waals surface area contributed by atoms with E-state index >= 15 is 0 Å². The third-order valence-electron chi connectivity index (χ3n) is 5.98. The van der Waals surface area contributed by atoms with Gasteiger partial charge in [0, 0.05) is 5.69 Å². The van der Waals surface area contributed by atoms with Gasteiger partial charge in [-0.3, -0.25) is 4.79 Å². The van der Waals surface area contributed by atoms with Gasteiger partial charge < -0.3 is 23.9 Å². The molecule has 7 nitrogen and oxygen atoms in total. The quantitative estimate of drug-likeness (QED) is 0.284. The summed E-state index contributed by atoms with van der Waals surface area (Å²) in [5.41, 5.74) is 2.28. The molecule has 2 atom stereocenters. The van der Waals surface area contributed by atoms with E-state index in [2.05, 4.69) is 11.9 Å². The van der Waals surface area contributed by atoms with Crippen LogP contribution in [0.2, 0.25) is 0 Å². The number of amides is 1. The van der Waals surface area contributed by atoms with E-state index < -0.39 is 17.6 Å². The first-order chi connectivity index (χ1) is 17.5. The fourth-order valence-corrected chi connectivity index (χ4v) is 4.36. The van der Waals surface area contributed by atoms with Gasteiger partial charge in [-0.05, 0) is 54.5 Å². The molecule has 3 aromatic carbocycles. The Kier molecular flexibility index (Phi) is 6.21. The van der Waals surface area contributed by atoms with Gasteiger partial charge in [-0.1, -0.05) is 43.0 Å². The number of para-hydroxylation sites is 2. The molecule has 0 aliphatic carbocycles. The van der Waals surface area contributed by atoms with Crippen molar-refractivity contribution in [3.8, 4) is 17.2 Å². The lowest BCUT2D eigenvalue weighted by Gasteiger charge is -2.20. The predicted molar refractivity (Wildman–Crippen MR) is 137 cm³/mol. The molecule has 1 N–H and O–H groups in total. The van der Waals surface area contributed by atoms with Crippen molar-refractivity contribution < 1.29 is 23.4 Å². The van der Waals surface area contributed by atoms with E-state index in [1.54, 1.807) is 48.5 Å². The van der Waals surface area contributed by atoms with Crippen molar-refractivity contribution in [2.24, 2.45) is 0 Å². The van der Waals surface area contributed by atoms with Crippen LogP contribution in [0.15, 0.2) is 94.2 Å². The molecule has 0 unspecified atom stereocenters. The first-order valence-electron chi connectivity index (χ1n) is 11.5. The normalized spacial score (nSPS) is 16.2. The molecule has 0 spiro atoms.